The molecule has 1 N–H and O–H groups in total. The number of alkyl halides is 17. The van der Waals surface area contributed by atoms with Crippen molar-refractivity contribution in [3.63, 3.8) is 0 Å². The summed E-state index contributed by atoms with van der Waals surface area (Å²) < 4.78 is 264. The molecule has 0 heterocycles. The van der Waals surface area contributed by atoms with Crippen LogP contribution in [0.3, 0.4) is 0 Å². The second kappa shape index (κ2) is 23.6. The molecule has 1 amide bonds. The average molecular weight is 1060 g/mol. The van der Waals surface area contributed by atoms with E-state index in [0.29, 0.717) is 41.8 Å². The number of carbonyl (C=O) groups excluding carboxylic acids is 2. The van der Waals surface area contributed by atoms with E-state index in [-0.39, 0.29) is 12.4 Å². The van der Waals surface area contributed by atoms with E-state index in [0.717, 1.165) is 0 Å². The van der Waals surface area contributed by atoms with Crippen molar-refractivity contribution in [2.75, 3.05) is 32.2 Å². The highest BCUT2D eigenvalue weighted by Crippen LogP contribution is 2.64. The Bertz CT molecular complexity index is 2050. The lowest BCUT2D eigenvalue weighted by Gasteiger charge is -2.44. The standard InChI is InChI=1S/C44H52F17NO7Si/c1-8-66-35(63)26-29(6)12-10-9-11-13-34(69-36(64)62-31-16-20-32(65-7)21-17-31)30-14-18-33(19-15-30)67-23-24-68-70(27(2)3,28(4)5)25-22-37(45,46)38(47,48)39(49,50)40(51,52)41(53,54)42(55,56)43(57,58)44(59,60)61/h10,12,14-21,26-28,34H,8-9,11,13,22-25H2,1-7H3,(H,62,64)/b12-10+,29-26+/t34-/m0/s1. The molecule has 0 radical (unpaired) electrons. The fraction of sp³-hybridized carbons (Fsp3) is 0.591. The van der Waals surface area contributed by atoms with Gasteiger partial charge in [-0.25, -0.2) is 9.59 Å². The van der Waals surface area contributed by atoms with E-state index in [1.807, 2.05) is 0 Å². The van der Waals surface area contributed by atoms with Gasteiger partial charge in [-0.1, -0.05) is 52.0 Å². The Kier molecular flexibility index (Phi) is 20.7. The molecule has 0 aliphatic heterocycles. The van der Waals surface area contributed by atoms with Gasteiger partial charge in [0.25, 0.3) is 0 Å². The van der Waals surface area contributed by atoms with Gasteiger partial charge in [-0.15, -0.1) is 0 Å². The Morgan fingerprint density at radius 1 is 0.686 bits per heavy atom. The number of halogens is 17. The molecule has 398 valence electrons. The van der Waals surface area contributed by atoms with E-state index in [4.69, 9.17) is 23.4 Å². The summed E-state index contributed by atoms with van der Waals surface area (Å²) in [6.07, 6.45) is -5.96. The van der Waals surface area contributed by atoms with Gasteiger partial charge in [0.2, 0.25) is 0 Å². The van der Waals surface area contributed by atoms with Gasteiger partial charge in [0.1, 0.15) is 24.2 Å². The predicted octanol–water partition coefficient (Wildman–Crippen LogP) is 14.8. The number of hydrogen-bond acceptors (Lipinski definition) is 7. The van der Waals surface area contributed by atoms with Crippen LogP contribution >= 0.6 is 0 Å². The Hall–Kier alpha value is -4.75. The predicted molar refractivity (Wildman–Crippen MR) is 223 cm³/mol. The first-order chi connectivity index (χ1) is 31.9. The van der Waals surface area contributed by atoms with Crippen molar-refractivity contribution < 1.29 is 108 Å². The lowest BCUT2D eigenvalue weighted by atomic mass is 9.88. The molecule has 0 aliphatic rings. The lowest BCUT2D eigenvalue weighted by molar-refractivity contribution is -0.461. The van der Waals surface area contributed by atoms with E-state index < -0.39 is 111 Å². The maximum absolute atomic E-state index is 15.0. The number of ether oxygens (including phenoxy) is 4. The molecule has 0 bridgehead atoms. The van der Waals surface area contributed by atoms with Crippen molar-refractivity contribution in [2.24, 2.45) is 0 Å². The van der Waals surface area contributed by atoms with Crippen LogP contribution in [-0.2, 0) is 18.7 Å². The van der Waals surface area contributed by atoms with E-state index in [1.54, 1.807) is 50.3 Å². The molecule has 0 aromatic heterocycles. The number of hydrogen-bond donors (Lipinski definition) is 1. The number of nitrogens with one attached hydrogen (secondary N) is 1. The van der Waals surface area contributed by atoms with Gasteiger partial charge in [0, 0.05) is 18.2 Å². The van der Waals surface area contributed by atoms with Crippen LogP contribution in [0.5, 0.6) is 11.5 Å². The van der Waals surface area contributed by atoms with Crippen LogP contribution in [0.15, 0.2) is 72.3 Å². The average Bonchev–Trinajstić information content (AvgIpc) is 3.25. The minimum absolute atomic E-state index is 0.145. The first-order valence-electron chi connectivity index (χ1n) is 21.1. The number of anilines is 1. The zero-order chi connectivity index (χ0) is 54.0. The fourth-order valence-electron chi connectivity index (χ4n) is 6.88. The van der Waals surface area contributed by atoms with E-state index in [2.05, 4.69) is 5.32 Å². The minimum atomic E-state index is -8.70. The van der Waals surface area contributed by atoms with Crippen LogP contribution in [0, 0.1) is 0 Å². The lowest BCUT2D eigenvalue weighted by Crippen LogP contribution is -2.74. The third-order valence-corrected chi connectivity index (χ3v) is 16.7. The molecule has 0 unspecified atom stereocenters. The molecule has 1 atom stereocenters. The number of amides is 1. The van der Waals surface area contributed by atoms with Gasteiger partial charge in [-0.3, -0.25) is 5.32 Å². The highest BCUT2D eigenvalue weighted by Gasteiger charge is 2.95. The summed E-state index contributed by atoms with van der Waals surface area (Å²) in [4.78, 5) is 24.6. The summed E-state index contributed by atoms with van der Waals surface area (Å²) >= 11 is 0. The highest BCUT2D eigenvalue weighted by atomic mass is 28.4. The maximum Gasteiger partial charge on any atom is 0.460 e. The summed E-state index contributed by atoms with van der Waals surface area (Å²) in [6, 6.07) is 11.0. The quantitative estimate of drug-likeness (QED) is 0.0238. The van der Waals surface area contributed by atoms with Gasteiger partial charge in [-0.05, 0) is 97.8 Å². The van der Waals surface area contributed by atoms with Gasteiger partial charge >= 0.3 is 59.7 Å². The summed E-state index contributed by atoms with van der Waals surface area (Å²) in [5.74, 6) is -56.7. The number of unbranched alkanes of at least 4 members (excludes halogenated alkanes) is 1. The number of rotatable bonds is 27. The topological polar surface area (TPSA) is 92.3 Å². The normalized spacial score (nSPS) is 14.6. The van der Waals surface area contributed by atoms with Gasteiger partial charge in [0.05, 0.1) is 20.3 Å². The molecule has 0 fully saturated rings. The number of allylic oxidation sites excluding steroid dienone is 3. The summed E-state index contributed by atoms with van der Waals surface area (Å²) in [5, 5.41) is 2.60. The molecule has 2 aromatic rings. The number of carbonyl (C=O) groups is 2. The molecule has 70 heavy (non-hydrogen) atoms. The van der Waals surface area contributed by atoms with Crippen LogP contribution in [0.4, 0.5) is 85.1 Å². The summed E-state index contributed by atoms with van der Waals surface area (Å²) in [7, 11) is -2.55. The molecular formula is C44H52F17NO7Si. The zero-order valence-electron chi connectivity index (χ0n) is 38.5. The number of benzene rings is 2. The Labute approximate surface area is 393 Å². The Morgan fingerprint density at radius 2 is 1.19 bits per heavy atom. The third-order valence-electron chi connectivity index (χ3n) is 11.0. The van der Waals surface area contributed by atoms with Crippen molar-refractivity contribution in [3.05, 3.63) is 77.9 Å². The van der Waals surface area contributed by atoms with Crippen LogP contribution in [-0.4, -0.2) is 94.9 Å². The SMILES string of the molecule is CCOC(=O)/C=C(C)/C=C/CCC[C@H](OC(=O)Nc1ccc(OC)cc1)c1ccc(OCCO[Si](CCC(F)(F)C(F)(F)C(F)(F)C(F)(F)C(F)(F)C(F)(F)C(F)(F)C(F)(F)F)(C(C)C)C(C)C)cc1. The zero-order valence-corrected chi connectivity index (χ0v) is 39.5. The molecule has 2 rings (SSSR count). The number of esters is 1. The molecular weight excluding hydrogens is 1010 g/mol. The molecule has 0 saturated heterocycles. The van der Waals surface area contributed by atoms with Crippen LogP contribution < -0.4 is 14.8 Å². The first-order valence-corrected chi connectivity index (χ1v) is 23.4. The largest absolute Gasteiger partial charge is 0.497 e. The van der Waals surface area contributed by atoms with Crippen molar-refractivity contribution in [1.29, 1.82) is 0 Å². The molecule has 8 nitrogen and oxygen atoms in total. The number of methoxy groups -OCH3 is 1. The Morgan fingerprint density at radius 3 is 1.67 bits per heavy atom. The van der Waals surface area contributed by atoms with Gasteiger partial charge in [0.15, 0.2) is 8.32 Å². The molecule has 26 heteroatoms. The molecule has 0 saturated carbocycles. The van der Waals surface area contributed by atoms with Crippen LogP contribution in [0.2, 0.25) is 17.1 Å². The fourth-order valence-corrected chi connectivity index (χ4v) is 11.3. The van der Waals surface area contributed by atoms with E-state index in [1.165, 1.54) is 65.1 Å². The maximum atomic E-state index is 15.0. The second-order valence-electron chi connectivity index (χ2n) is 16.4. The summed E-state index contributed by atoms with van der Waals surface area (Å²) in [6.45, 7) is 7.93. The van der Waals surface area contributed by atoms with Crippen LogP contribution in [0.25, 0.3) is 0 Å². The minimum Gasteiger partial charge on any atom is -0.497 e. The van der Waals surface area contributed by atoms with Crippen molar-refractivity contribution in [1.82, 2.24) is 0 Å². The third kappa shape index (κ3) is 13.6. The van der Waals surface area contributed by atoms with Gasteiger partial charge in [-0.2, -0.15) is 74.6 Å². The smallest absolute Gasteiger partial charge is 0.460 e. The highest BCUT2D eigenvalue weighted by molar-refractivity contribution is 6.76. The van der Waals surface area contributed by atoms with Gasteiger partial charge < -0.3 is 23.4 Å². The first kappa shape index (κ1) is 61.4. The van der Waals surface area contributed by atoms with Crippen molar-refractivity contribution in [2.45, 2.75) is 138 Å². The summed E-state index contributed by atoms with van der Waals surface area (Å²) in [5.41, 5.74) is -0.268. The van der Waals surface area contributed by atoms with E-state index >= 15 is 8.78 Å². The molecule has 0 spiro atoms. The monoisotopic (exact) mass is 1060 g/mol. The van der Waals surface area contributed by atoms with Crippen molar-refractivity contribution in [3.8, 4) is 11.5 Å². The van der Waals surface area contributed by atoms with Crippen LogP contribution in [0.1, 0.15) is 78.9 Å². The second-order valence-corrected chi connectivity index (χ2v) is 21.4. The Balaban J connectivity index is 2.27. The van der Waals surface area contributed by atoms with E-state index in [9.17, 15) is 75.4 Å². The van der Waals surface area contributed by atoms with Crippen molar-refractivity contribution >= 4 is 26.1 Å². The molecule has 0 aliphatic carbocycles. The molecule has 2 aromatic carbocycles.